The van der Waals surface area contributed by atoms with E-state index in [2.05, 4.69) is 15.7 Å². The van der Waals surface area contributed by atoms with Crippen LogP contribution >= 0.6 is 24.0 Å². The maximum Gasteiger partial charge on any atom is 0.221 e. The number of hydrogen-bond acceptors (Lipinski definition) is 3. The summed E-state index contributed by atoms with van der Waals surface area (Å²) in [7, 11) is 1.86. The van der Waals surface area contributed by atoms with Gasteiger partial charge in [-0.15, -0.1) is 12.4 Å². The fraction of sp³-hybridized carbons (Fsp3) is 0.600. The number of amides is 1. The van der Waals surface area contributed by atoms with Crippen LogP contribution in [-0.4, -0.2) is 35.3 Å². The second-order valence-electron chi connectivity index (χ2n) is 3.67. The molecule has 1 unspecified atom stereocenters. The van der Waals surface area contributed by atoms with Gasteiger partial charge in [-0.3, -0.25) is 9.48 Å². The smallest absolute Gasteiger partial charge is 0.221 e. The van der Waals surface area contributed by atoms with Crippen molar-refractivity contribution in [2.45, 2.75) is 25.9 Å². The van der Waals surface area contributed by atoms with Crippen LogP contribution in [0.15, 0.2) is 12.4 Å². The van der Waals surface area contributed by atoms with Crippen molar-refractivity contribution < 1.29 is 4.79 Å². The van der Waals surface area contributed by atoms with Crippen molar-refractivity contribution in [3.63, 3.8) is 0 Å². The van der Waals surface area contributed by atoms with Crippen molar-refractivity contribution in [3.8, 4) is 0 Å². The van der Waals surface area contributed by atoms with Gasteiger partial charge in [0.1, 0.15) is 0 Å². The quantitative estimate of drug-likeness (QED) is 0.820. The molecule has 0 bridgehead atoms. The summed E-state index contributed by atoms with van der Waals surface area (Å²) in [4.78, 5) is 11.4. The summed E-state index contributed by atoms with van der Waals surface area (Å²) in [5.74, 6) is 0.0220. The fourth-order valence-corrected chi connectivity index (χ4v) is 1.29. The number of hydrogen-bond donors (Lipinski definition) is 2. The number of carbonyl (C=O) groups excluding carboxylic acids is 1. The van der Waals surface area contributed by atoms with Crippen LogP contribution in [0, 0.1) is 0 Å². The minimum Gasteiger partial charge on any atom is -0.354 e. The molecule has 17 heavy (non-hydrogen) atoms. The van der Waals surface area contributed by atoms with E-state index in [1.54, 1.807) is 17.1 Å². The third-order valence-electron chi connectivity index (χ3n) is 2.27. The van der Waals surface area contributed by atoms with Crippen LogP contribution in [0.1, 0.15) is 13.3 Å². The summed E-state index contributed by atoms with van der Waals surface area (Å²) < 4.78 is 1.66. The molecule has 98 valence electrons. The normalized spacial score (nSPS) is 11.7. The average Bonchev–Trinajstić information content (AvgIpc) is 2.69. The maximum absolute atomic E-state index is 11.4. The number of nitrogens with one attached hydrogen (secondary N) is 2. The van der Waals surface area contributed by atoms with Crippen LogP contribution in [0.25, 0.3) is 0 Å². The number of likely N-dealkylation sites (N-methyl/N-ethyl adjacent to an activating group) is 1. The first-order valence-electron chi connectivity index (χ1n) is 5.23. The van der Waals surface area contributed by atoms with Gasteiger partial charge in [-0.2, -0.15) is 5.10 Å². The molecule has 0 spiro atoms. The summed E-state index contributed by atoms with van der Waals surface area (Å²) >= 11 is 5.71. The first-order chi connectivity index (χ1) is 7.61. The third-order valence-corrected chi connectivity index (χ3v) is 2.46. The van der Waals surface area contributed by atoms with Crippen LogP contribution in [0.5, 0.6) is 0 Å². The van der Waals surface area contributed by atoms with Gasteiger partial charge in [0.25, 0.3) is 0 Å². The fourth-order valence-electron chi connectivity index (χ4n) is 1.13. The van der Waals surface area contributed by atoms with E-state index >= 15 is 0 Å². The molecular formula is C10H18Cl2N4O. The van der Waals surface area contributed by atoms with E-state index in [4.69, 9.17) is 11.6 Å². The Bertz CT molecular complexity index is 343. The Balaban J connectivity index is 0.00000256. The Labute approximate surface area is 112 Å². The van der Waals surface area contributed by atoms with Crippen molar-refractivity contribution in [2.75, 3.05) is 13.6 Å². The van der Waals surface area contributed by atoms with Gasteiger partial charge in [0.05, 0.1) is 11.2 Å². The summed E-state index contributed by atoms with van der Waals surface area (Å²) in [5, 5.41) is 10.5. The van der Waals surface area contributed by atoms with E-state index in [1.165, 1.54) is 0 Å². The van der Waals surface area contributed by atoms with E-state index < -0.39 is 0 Å². The Kier molecular flexibility index (Phi) is 7.95. The Morgan fingerprint density at radius 1 is 1.65 bits per heavy atom. The van der Waals surface area contributed by atoms with Gasteiger partial charge in [0.2, 0.25) is 5.91 Å². The van der Waals surface area contributed by atoms with Gasteiger partial charge in [-0.1, -0.05) is 11.6 Å². The Morgan fingerprint density at radius 2 is 2.35 bits per heavy atom. The molecule has 1 aromatic rings. The molecule has 0 aliphatic carbocycles. The molecule has 1 rings (SSSR count). The number of aromatic nitrogens is 2. The zero-order chi connectivity index (χ0) is 12.0. The highest BCUT2D eigenvalue weighted by Crippen LogP contribution is 2.04. The maximum atomic E-state index is 11.4. The standard InChI is InChI=1S/C10H17ClN4O.ClH/c1-8(12-2)5-13-10(16)3-4-15-7-9(11)6-14-15;/h6-8,12H,3-5H2,1-2H3,(H,13,16);1H. The molecule has 5 nitrogen and oxygen atoms in total. The topological polar surface area (TPSA) is 58.9 Å². The minimum absolute atomic E-state index is 0. The number of carbonyl (C=O) groups is 1. The third kappa shape index (κ3) is 6.51. The number of rotatable bonds is 6. The molecule has 0 fully saturated rings. The molecule has 1 heterocycles. The predicted molar refractivity (Wildman–Crippen MR) is 70.6 cm³/mol. The van der Waals surface area contributed by atoms with Gasteiger partial charge in [-0.05, 0) is 14.0 Å². The number of halogens is 2. The first-order valence-corrected chi connectivity index (χ1v) is 5.61. The summed E-state index contributed by atoms with van der Waals surface area (Å²) in [5.41, 5.74) is 0. The predicted octanol–water partition coefficient (Wildman–Crippen LogP) is 1.07. The molecule has 0 saturated carbocycles. The second kappa shape index (κ2) is 8.33. The lowest BCUT2D eigenvalue weighted by Crippen LogP contribution is -2.37. The van der Waals surface area contributed by atoms with Gasteiger partial charge in [0.15, 0.2) is 0 Å². The van der Waals surface area contributed by atoms with E-state index in [0.717, 1.165) is 0 Å². The average molecular weight is 281 g/mol. The van der Waals surface area contributed by atoms with Gasteiger partial charge in [-0.25, -0.2) is 0 Å². The van der Waals surface area contributed by atoms with Crippen LogP contribution in [0.3, 0.4) is 0 Å². The lowest BCUT2D eigenvalue weighted by atomic mass is 10.3. The number of aryl methyl sites for hydroxylation is 1. The van der Waals surface area contributed by atoms with E-state index in [9.17, 15) is 4.79 Å². The molecule has 0 saturated heterocycles. The summed E-state index contributed by atoms with van der Waals surface area (Å²) in [6.45, 7) is 3.19. The lowest BCUT2D eigenvalue weighted by molar-refractivity contribution is -0.121. The van der Waals surface area contributed by atoms with Gasteiger partial charge >= 0.3 is 0 Å². The lowest BCUT2D eigenvalue weighted by Gasteiger charge is -2.11. The van der Waals surface area contributed by atoms with E-state index in [0.29, 0.717) is 24.5 Å². The molecular weight excluding hydrogens is 263 g/mol. The van der Waals surface area contributed by atoms with E-state index in [1.807, 2.05) is 14.0 Å². The van der Waals surface area contributed by atoms with Crippen molar-refractivity contribution in [2.24, 2.45) is 0 Å². The van der Waals surface area contributed by atoms with Crippen molar-refractivity contribution >= 4 is 29.9 Å². The molecule has 0 aliphatic rings. The van der Waals surface area contributed by atoms with Crippen molar-refractivity contribution in [3.05, 3.63) is 17.4 Å². The highest BCUT2D eigenvalue weighted by molar-refractivity contribution is 6.30. The first kappa shape index (κ1) is 16.2. The molecule has 1 atom stereocenters. The largest absolute Gasteiger partial charge is 0.354 e. The molecule has 2 N–H and O–H groups in total. The molecule has 1 amide bonds. The van der Waals surface area contributed by atoms with Crippen LogP contribution in [0.4, 0.5) is 0 Å². The van der Waals surface area contributed by atoms with Gasteiger partial charge in [0, 0.05) is 31.7 Å². The summed E-state index contributed by atoms with van der Waals surface area (Å²) in [6, 6.07) is 0.281. The van der Waals surface area contributed by atoms with Crippen molar-refractivity contribution in [1.29, 1.82) is 0 Å². The molecule has 0 radical (unpaired) electrons. The SMILES string of the molecule is CNC(C)CNC(=O)CCn1cc(Cl)cn1.Cl. The van der Waals surface area contributed by atoms with Crippen LogP contribution in [-0.2, 0) is 11.3 Å². The minimum atomic E-state index is 0. The monoisotopic (exact) mass is 280 g/mol. The molecule has 0 aromatic carbocycles. The molecule has 1 aromatic heterocycles. The summed E-state index contributed by atoms with van der Waals surface area (Å²) in [6.07, 6.45) is 3.67. The van der Waals surface area contributed by atoms with Crippen LogP contribution in [0.2, 0.25) is 5.02 Å². The Hall–Kier alpha value is -0.780. The molecule has 0 aliphatic heterocycles. The highest BCUT2D eigenvalue weighted by Gasteiger charge is 2.04. The molecule has 7 heteroatoms. The second-order valence-corrected chi connectivity index (χ2v) is 4.10. The highest BCUT2D eigenvalue weighted by atomic mass is 35.5. The van der Waals surface area contributed by atoms with E-state index in [-0.39, 0.29) is 24.4 Å². The van der Waals surface area contributed by atoms with Crippen LogP contribution < -0.4 is 10.6 Å². The zero-order valence-corrected chi connectivity index (χ0v) is 11.5. The van der Waals surface area contributed by atoms with Gasteiger partial charge < -0.3 is 10.6 Å². The van der Waals surface area contributed by atoms with Crippen molar-refractivity contribution in [1.82, 2.24) is 20.4 Å². The zero-order valence-electron chi connectivity index (χ0n) is 9.94. The Morgan fingerprint density at radius 3 is 2.88 bits per heavy atom. The number of nitrogens with zero attached hydrogens (tertiary/aromatic N) is 2.